The first-order valence-electron chi connectivity index (χ1n) is 9.73. The van der Waals surface area contributed by atoms with Crippen LogP contribution in [0.2, 0.25) is 0 Å². The number of nitrogens with zero attached hydrogens (tertiary/aromatic N) is 1. The molecular formula is C22H22N2O4. The second kappa shape index (κ2) is 7.89. The Morgan fingerprint density at radius 1 is 1.29 bits per heavy atom. The largest absolute Gasteiger partial charge is 0.451 e. The minimum atomic E-state index is -0.537. The van der Waals surface area contributed by atoms with Gasteiger partial charge in [0.25, 0.3) is 5.56 Å². The second-order valence-electron chi connectivity index (χ2n) is 7.18. The Bertz CT molecular complexity index is 1130. The molecule has 2 atom stereocenters. The van der Waals surface area contributed by atoms with Gasteiger partial charge in [-0.3, -0.25) is 9.78 Å². The molecule has 1 N–H and O–H groups in total. The highest BCUT2D eigenvalue weighted by molar-refractivity contribution is 5.75. The van der Waals surface area contributed by atoms with Gasteiger partial charge < -0.3 is 9.15 Å². The summed E-state index contributed by atoms with van der Waals surface area (Å²) in [6.07, 6.45) is 12.2. The summed E-state index contributed by atoms with van der Waals surface area (Å²) in [5, 5.41) is 0.278. The van der Waals surface area contributed by atoms with Crippen LogP contribution in [0.25, 0.3) is 11.1 Å². The molecule has 1 saturated carbocycles. The third-order valence-electron chi connectivity index (χ3n) is 5.36. The number of nitrogens with one attached hydrogen (secondary N) is 1. The fourth-order valence-electron chi connectivity index (χ4n) is 3.95. The van der Waals surface area contributed by atoms with Crippen molar-refractivity contribution in [1.82, 2.24) is 9.97 Å². The zero-order valence-corrected chi connectivity index (χ0v) is 15.8. The molecule has 2 aromatic heterocycles. The van der Waals surface area contributed by atoms with Crippen molar-refractivity contribution in [2.75, 3.05) is 6.61 Å². The van der Waals surface area contributed by atoms with E-state index in [0.29, 0.717) is 23.8 Å². The first-order chi connectivity index (χ1) is 13.6. The van der Waals surface area contributed by atoms with Crippen molar-refractivity contribution in [1.29, 1.82) is 0 Å². The molecule has 0 bridgehead atoms. The van der Waals surface area contributed by atoms with Gasteiger partial charge in [0, 0.05) is 11.6 Å². The summed E-state index contributed by atoms with van der Waals surface area (Å²) in [6, 6.07) is 1.30. The van der Waals surface area contributed by atoms with Crippen molar-refractivity contribution in [3.63, 3.8) is 0 Å². The molecule has 0 amide bonds. The molecule has 28 heavy (non-hydrogen) atoms. The van der Waals surface area contributed by atoms with E-state index in [9.17, 15) is 9.59 Å². The predicted octanol–water partition coefficient (Wildman–Crippen LogP) is 3.12. The van der Waals surface area contributed by atoms with Gasteiger partial charge in [0.05, 0.1) is 0 Å². The number of fused-ring (bicyclic) bond motifs is 2. The highest BCUT2D eigenvalue weighted by Gasteiger charge is 2.23. The van der Waals surface area contributed by atoms with Gasteiger partial charge in [0.1, 0.15) is 5.39 Å². The van der Waals surface area contributed by atoms with E-state index >= 15 is 0 Å². The lowest BCUT2D eigenvalue weighted by Crippen LogP contribution is -2.18. The van der Waals surface area contributed by atoms with Crippen LogP contribution in [-0.4, -0.2) is 16.6 Å². The quantitative estimate of drug-likeness (QED) is 0.830. The average molecular weight is 378 g/mol. The Morgan fingerprint density at radius 3 is 2.93 bits per heavy atom. The van der Waals surface area contributed by atoms with E-state index in [2.05, 4.69) is 40.0 Å². The van der Waals surface area contributed by atoms with E-state index in [-0.39, 0.29) is 23.7 Å². The van der Waals surface area contributed by atoms with Gasteiger partial charge in [-0.25, -0.2) is 4.79 Å². The molecule has 2 unspecified atom stereocenters. The minimum absolute atomic E-state index is 0.0105. The third kappa shape index (κ3) is 3.79. The molecular weight excluding hydrogens is 356 g/mol. The van der Waals surface area contributed by atoms with Crippen LogP contribution in [-0.2, 0) is 6.42 Å². The lowest BCUT2D eigenvalue weighted by Gasteiger charge is -2.29. The molecule has 6 heteroatoms. The first-order valence-corrected chi connectivity index (χ1v) is 9.73. The van der Waals surface area contributed by atoms with Crippen molar-refractivity contribution in [3.05, 3.63) is 56.2 Å². The summed E-state index contributed by atoms with van der Waals surface area (Å²) >= 11 is 0. The molecule has 2 heterocycles. The summed E-state index contributed by atoms with van der Waals surface area (Å²) in [6.45, 7) is 1.93. The minimum Gasteiger partial charge on any atom is -0.451 e. The smallest absolute Gasteiger partial charge is 0.337 e. The van der Waals surface area contributed by atoms with Crippen LogP contribution in [0.5, 0.6) is 6.01 Å². The number of allylic oxidation sites excluding steroid dienone is 4. The van der Waals surface area contributed by atoms with Crippen molar-refractivity contribution in [2.45, 2.75) is 39.0 Å². The molecule has 144 valence electrons. The fraction of sp³-hybridized carbons (Fsp3) is 0.409. The van der Waals surface area contributed by atoms with Crippen LogP contribution in [0.1, 0.15) is 38.2 Å². The Hall–Kier alpha value is -3.07. The molecule has 2 aromatic rings. The SMILES string of the molecule is CCc1cc(=O)oc2nc(OCC#CC3=CC4CCCCC4C=C3)[nH]c(=O)c12. The molecule has 0 spiro atoms. The van der Waals surface area contributed by atoms with E-state index in [4.69, 9.17) is 9.15 Å². The van der Waals surface area contributed by atoms with Gasteiger partial charge in [-0.15, -0.1) is 0 Å². The molecule has 0 aromatic carbocycles. The molecule has 2 aliphatic carbocycles. The third-order valence-corrected chi connectivity index (χ3v) is 5.36. The van der Waals surface area contributed by atoms with E-state index in [0.717, 1.165) is 5.57 Å². The number of hydrogen-bond donors (Lipinski definition) is 1. The standard InChI is InChI=1S/C22H22N2O4/c1-2-15-13-18(25)28-21-19(15)20(26)23-22(24-21)27-11-5-6-14-9-10-16-7-3-4-8-17(16)12-14/h9-10,12-13,16-17H,2-4,7-8,11H2,1H3,(H,23,24,26). The normalized spacial score (nSPS) is 20.8. The molecule has 0 aliphatic heterocycles. The number of H-pyrrole nitrogens is 1. The van der Waals surface area contributed by atoms with E-state index in [1.165, 1.54) is 31.7 Å². The van der Waals surface area contributed by atoms with Crippen LogP contribution in [0.4, 0.5) is 0 Å². The fourth-order valence-corrected chi connectivity index (χ4v) is 3.95. The van der Waals surface area contributed by atoms with Crippen LogP contribution >= 0.6 is 0 Å². The lowest BCUT2D eigenvalue weighted by molar-refractivity contribution is 0.333. The van der Waals surface area contributed by atoms with Gasteiger partial charge in [-0.2, -0.15) is 4.98 Å². The van der Waals surface area contributed by atoms with E-state index in [1.54, 1.807) is 0 Å². The van der Waals surface area contributed by atoms with Gasteiger partial charge in [0.2, 0.25) is 5.71 Å². The highest BCUT2D eigenvalue weighted by Crippen LogP contribution is 2.35. The maximum Gasteiger partial charge on any atom is 0.337 e. The van der Waals surface area contributed by atoms with Gasteiger partial charge in [0.15, 0.2) is 6.61 Å². The van der Waals surface area contributed by atoms with Crippen molar-refractivity contribution in [3.8, 4) is 17.9 Å². The Balaban J connectivity index is 1.48. The Labute approximate surface area is 162 Å². The van der Waals surface area contributed by atoms with Crippen LogP contribution in [0.3, 0.4) is 0 Å². The summed E-state index contributed by atoms with van der Waals surface area (Å²) < 4.78 is 10.5. The zero-order valence-electron chi connectivity index (χ0n) is 15.8. The number of aromatic amines is 1. The topological polar surface area (TPSA) is 85.2 Å². The molecule has 2 aliphatic rings. The number of aromatic nitrogens is 2. The maximum absolute atomic E-state index is 12.3. The predicted molar refractivity (Wildman–Crippen MR) is 106 cm³/mol. The Morgan fingerprint density at radius 2 is 2.11 bits per heavy atom. The number of hydrogen-bond acceptors (Lipinski definition) is 5. The van der Waals surface area contributed by atoms with Crippen molar-refractivity contribution < 1.29 is 9.15 Å². The maximum atomic E-state index is 12.3. The molecule has 1 fully saturated rings. The lowest BCUT2D eigenvalue weighted by atomic mass is 9.76. The van der Waals surface area contributed by atoms with E-state index in [1.807, 2.05) is 6.92 Å². The van der Waals surface area contributed by atoms with Crippen LogP contribution in [0.15, 0.2) is 43.9 Å². The van der Waals surface area contributed by atoms with Crippen LogP contribution in [0, 0.1) is 23.7 Å². The molecule has 6 nitrogen and oxygen atoms in total. The summed E-state index contributed by atoms with van der Waals surface area (Å²) in [5.74, 6) is 7.32. The summed E-state index contributed by atoms with van der Waals surface area (Å²) in [7, 11) is 0. The zero-order chi connectivity index (χ0) is 19.5. The van der Waals surface area contributed by atoms with Gasteiger partial charge >= 0.3 is 11.6 Å². The molecule has 0 radical (unpaired) electrons. The van der Waals surface area contributed by atoms with Gasteiger partial charge in [-0.1, -0.05) is 49.8 Å². The van der Waals surface area contributed by atoms with Gasteiger partial charge in [-0.05, 0) is 36.7 Å². The second-order valence-corrected chi connectivity index (χ2v) is 7.18. The van der Waals surface area contributed by atoms with E-state index < -0.39 is 11.2 Å². The summed E-state index contributed by atoms with van der Waals surface area (Å²) in [4.78, 5) is 30.6. The Kier molecular flexibility index (Phi) is 5.16. The first kappa shape index (κ1) is 18.3. The number of ether oxygens (including phenoxy) is 1. The van der Waals surface area contributed by atoms with Crippen LogP contribution < -0.4 is 15.9 Å². The number of rotatable bonds is 3. The highest BCUT2D eigenvalue weighted by atomic mass is 16.5. The summed E-state index contributed by atoms with van der Waals surface area (Å²) in [5.41, 5.74) is 0.658. The van der Waals surface area contributed by atoms with Crippen molar-refractivity contribution in [2.24, 2.45) is 11.8 Å². The molecule has 4 rings (SSSR count). The average Bonchev–Trinajstić information content (AvgIpc) is 2.70. The monoisotopic (exact) mass is 378 g/mol. The van der Waals surface area contributed by atoms with Crippen molar-refractivity contribution >= 4 is 11.1 Å². The number of aryl methyl sites for hydroxylation is 1. The molecule has 0 saturated heterocycles.